The van der Waals surface area contributed by atoms with E-state index in [1.54, 1.807) is 13.0 Å². The lowest BCUT2D eigenvalue weighted by molar-refractivity contribution is -0.121. The van der Waals surface area contributed by atoms with E-state index in [9.17, 15) is 9.59 Å². The van der Waals surface area contributed by atoms with E-state index in [0.29, 0.717) is 24.6 Å². The van der Waals surface area contributed by atoms with Gasteiger partial charge >= 0.3 is 6.03 Å². The Morgan fingerprint density at radius 2 is 2.04 bits per heavy atom. The number of primary amides is 1. The maximum atomic E-state index is 11.8. The van der Waals surface area contributed by atoms with Crippen LogP contribution in [0, 0.1) is 12.8 Å². The number of urea groups is 1. The van der Waals surface area contributed by atoms with E-state index in [1.807, 2.05) is 31.2 Å². The van der Waals surface area contributed by atoms with Gasteiger partial charge in [0.2, 0.25) is 5.91 Å². The molecule has 8 nitrogen and oxygen atoms in total. The van der Waals surface area contributed by atoms with Crippen molar-refractivity contribution in [3.05, 3.63) is 41.7 Å². The molecule has 2 aromatic rings. The Morgan fingerprint density at radius 3 is 2.60 bits per heavy atom. The molecule has 25 heavy (non-hydrogen) atoms. The SMILES string of the molecule is CCOc1ccc(C[C@H](CNC(=O)Nc2cc(C)on2)C(N)=O)cc1. The smallest absolute Gasteiger partial charge is 0.320 e. The molecule has 1 heterocycles. The molecular weight excluding hydrogens is 324 g/mol. The summed E-state index contributed by atoms with van der Waals surface area (Å²) in [6, 6.07) is 8.53. The summed E-state index contributed by atoms with van der Waals surface area (Å²) >= 11 is 0. The van der Waals surface area contributed by atoms with Crippen LogP contribution in [0.4, 0.5) is 10.6 Å². The molecule has 8 heteroatoms. The van der Waals surface area contributed by atoms with Gasteiger partial charge in [0.15, 0.2) is 5.82 Å². The van der Waals surface area contributed by atoms with Crippen LogP contribution in [0.5, 0.6) is 5.75 Å². The highest BCUT2D eigenvalue weighted by atomic mass is 16.5. The first kappa shape index (κ1) is 18.3. The Labute approximate surface area is 145 Å². The van der Waals surface area contributed by atoms with Crippen LogP contribution in [0.25, 0.3) is 0 Å². The van der Waals surface area contributed by atoms with Crippen LogP contribution in [0.3, 0.4) is 0 Å². The maximum absolute atomic E-state index is 11.8. The predicted molar refractivity (Wildman–Crippen MR) is 92.3 cm³/mol. The second-order valence-electron chi connectivity index (χ2n) is 5.54. The number of rotatable bonds is 8. The fourth-order valence-corrected chi connectivity index (χ4v) is 2.25. The molecule has 1 aromatic carbocycles. The van der Waals surface area contributed by atoms with Crippen LogP contribution in [0.2, 0.25) is 0 Å². The largest absolute Gasteiger partial charge is 0.494 e. The summed E-state index contributed by atoms with van der Waals surface area (Å²) in [6.07, 6.45) is 0.422. The van der Waals surface area contributed by atoms with Gasteiger partial charge in [-0.25, -0.2) is 4.79 Å². The number of ether oxygens (including phenoxy) is 1. The van der Waals surface area contributed by atoms with E-state index in [0.717, 1.165) is 11.3 Å². The standard InChI is InChI=1S/C17H22N4O4/c1-3-24-14-6-4-12(5-7-14)9-13(16(18)22)10-19-17(23)20-15-8-11(2)25-21-15/h4-8,13H,3,9-10H2,1-2H3,(H2,18,22)(H2,19,20,21,23)/t13-/m1/s1. The number of hydrogen-bond donors (Lipinski definition) is 3. The molecule has 0 aliphatic carbocycles. The van der Waals surface area contributed by atoms with Crippen molar-refractivity contribution in [3.63, 3.8) is 0 Å². The molecule has 0 spiro atoms. The fourth-order valence-electron chi connectivity index (χ4n) is 2.25. The van der Waals surface area contributed by atoms with Crippen molar-refractivity contribution in [1.82, 2.24) is 10.5 Å². The minimum absolute atomic E-state index is 0.116. The normalized spacial score (nSPS) is 11.6. The zero-order valence-electron chi connectivity index (χ0n) is 14.2. The average molecular weight is 346 g/mol. The van der Waals surface area contributed by atoms with Crippen LogP contribution in [0.1, 0.15) is 18.2 Å². The minimum Gasteiger partial charge on any atom is -0.494 e. The number of benzene rings is 1. The third kappa shape index (κ3) is 5.83. The van der Waals surface area contributed by atoms with Crippen molar-refractivity contribution < 1.29 is 18.8 Å². The van der Waals surface area contributed by atoms with Gasteiger partial charge in [0, 0.05) is 12.6 Å². The molecule has 0 bridgehead atoms. The second-order valence-corrected chi connectivity index (χ2v) is 5.54. The van der Waals surface area contributed by atoms with Crippen molar-refractivity contribution in [2.24, 2.45) is 11.7 Å². The van der Waals surface area contributed by atoms with Crippen molar-refractivity contribution in [3.8, 4) is 5.75 Å². The second kappa shape index (κ2) is 8.72. The first-order chi connectivity index (χ1) is 12.0. The van der Waals surface area contributed by atoms with E-state index in [2.05, 4.69) is 15.8 Å². The summed E-state index contributed by atoms with van der Waals surface area (Å²) in [7, 11) is 0. The van der Waals surface area contributed by atoms with E-state index in [4.69, 9.17) is 15.0 Å². The third-order valence-corrected chi connectivity index (χ3v) is 3.50. The van der Waals surface area contributed by atoms with E-state index in [-0.39, 0.29) is 6.54 Å². The number of nitrogens with one attached hydrogen (secondary N) is 2. The summed E-state index contributed by atoms with van der Waals surface area (Å²) in [5, 5.41) is 8.79. The highest BCUT2D eigenvalue weighted by molar-refractivity contribution is 5.88. The molecule has 4 N–H and O–H groups in total. The Kier molecular flexibility index (Phi) is 6.39. The van der Waals surface area contributed by atoms with Crippen molar-refractivity contribution >= 4 is 17.8 Å². The summed E-state index contributed by atoms with van der Waals surface area (Å²) in [6.45, 7) is 4.34. The number of anilines is 1. The Morgan fingerprint density at radius 1 is 1.32 bits per heavy atom. The van der Waals surface area contributed by atoms with Gasteiger partial charge in [-0.05, 0) is 38.0 Å². The number of hydrogen-bond acceptors (Lipinski definition) is 5. The molecule has 1 atom stereocenters. The van der Waals surface area contributed by atoms with Crippen molar-refractivity contribution in [1.29, 1.82) is 0 Å². The van der Waals surface area contributed by atoms with Crippen LogP contribution >= 0.6 is 0 Å². The van der Waals surface area contributed by atoms with Gasteiger partial charge in [-0.3, -0.25) is 10.1 Å². The molecular formula is C17H22N4O4. The van der Waals surface area contributed by atoms with Crippen LogP contribution in [-0.4, -0.2) is 30.2 Å². The fraction of sp³-hybridized carbons (Fsp3) is 0.353. The quantitative estimate of drug-likeness (QED) is 0.674. The molecule has 0 unspecified atom stereocenters. The monoisotopic (exact) mass is 346 g/mol. The van der Waals surface area contributed by atoms with E-state index >= 15 is 0 Å². The van der Waals surface area contributed by atoms with Gasteiger partial charge in [0.1, 0.15) is 11.5 Å². The molecule has 0 saturated carbocycles. The van der Waals surface area contributed by atoms with Crippen LogP contribution < -0.4 is 21.1 Å². The summed E-state index contributed by atoms with van der Waals surface area (Å²) in [5.41, 5.74) is 6.37. The van der Waals surface area contributed by atoms with Gasteiger partial charge in [-0.1, -0.05) is 17.3 Å². The number of carbonyl (C=O) groups excluding carboxylic acids is 2. The lowest BCUT2D eigenvalue weighted by atomic mass is 9.98. The zero-order chi connectivity index (χ0) is 18.2. The highest BCUT2D eigenvalue weighted by Crippen LogP contribution is 2.15. The van der Waals surface area contributed by atoms with Crippen molar-refractivity contribution in [2.45, 2.75) is 20.3 Å². The Balaban J connectivity index is 1.87. The number of nitrogens with zero attached hydrogens (tertiary/aromatic N) is 1. The number of carbonyl (C=O) groups is 2. The lowest BCUT2D eigenvalue weighted by Gasteiger charge is -2.15. The first-order valence-corrected chi connectivity index (χ1v) is 7.97. The number of aromatic nitrogens is 1. The summed E-state index contributed by atoms with van der Waals surface area (Å²) in [5.74, 6) is 0.648. The van der Waals surface area contributed by atoms with Gasteiger partial charge in [0.25, 0.3) is 0 Å². The van der Waals surface area contributed by atoms with Gasteiger partial charge < -0.3 is 20.3 Å². The molecule has 3 amide bonds. The molecule has 1 aromatic heterocycles. The lowest BCUT2D eigenvalue weighted by Crippen LogP contribution is -2.39. The molecule has 134 valence electrons. The number of aryl methyl sites for hydroxylation is 1. The number of amides is 3. The van der Waals surface area contributed by atoms with E-state index < -0.39 is 17.9 Å². The van der Waals surface area contributed by atoms with Gasteiger partial charge in [-0.15, -0.1) is 0 Å². The molecule has 0 saturated heterocycles. The zero-order valence-corrected chi connectivity index (χ0v) is 14.2. The highest BCUT2D eigenvalue weighted by Gasteiger charge is 2.17. The minimum atomic E-state index is -0.525. The molecule has 0 fully saturated rings. The Hall–Kier alpha value is -3.03. The predicted octanol–water partition coefficient (Wildman–Crippen LogP) is 1.85. The molecule has 0 aliphatic rings. The Bertz CT molecular complexity index is 712. The molecule has 0 aliphatic heterocycles. The molecule has 0 radical (unpaired) electrons. The van der Waals surface area contributed by atoms with Crippen molar-refractivity contribution in [2.75, 3.05) is 18.5 Å². The van der Waals surface area contributed by atoms with E-state index in [1.165, 1.54) is 0 Å². The first-order valence-electron chi connectivity index (χ1n) is 7.97. The van der Waals surface area contributed by atoms with Gasteiger partial charge in [0.05, 0.1) is 12.5 Å². The van der Waals surface area contributed by atoms with Crippen LogP contribution in [0.15, 0.2) is 34.9 Å². The summed E-state index contributed by atoms with van der Waals surface area (Å²) in [4.78, 5) is 23.5. The third-order valence-electron chi connectivity index (χ3n) is 3.50. The topological polar surface area (TPSA) is 119 Å². The summed E-state index contributed by atoms with van der Waals surface area (Å²) < 4.78 is 10.2. The van der Waals surface area contributed by atoms with Gasteiger partial charge in [-0.2, -0.15) is 0 Å². The molecule has 2 rings (SSSR count). The van der Waals surface area contributed by atoms with Crippen LogP contribution in [-0.2, 0) is 11.2 Å². The maximum Gasteiger partial charge on any atom is 0.320 e. The average Bonchev–Trinajstić information content (AvgIpc) is 2.98. The number of nitrogens with two attached hydrogens (primary N) is 1.